The van der Waals surface area contributed by atoms with Gasteiger partial charge in [-0.3, -0.25) is 9.59 Å². The maximum absolute atomic E-state index is 12.6. The van der Waals surface area contributed by atoms with Crippen molar-refractivity contribution in [2.24, 2.45) is 0 Å². The maximum Gasteiger partial charge on any atom is 0.251 e. The summed E-state index contributed by atoms with van der Waals surface area (Å²) in [5, 5.41) is 2.85. The molecule has 2 aromatic carbocycles. The van der Waals surface area contributed by atoms with Crippen LogP contribution in [0.2, 0.25) is 0 Å². The first-order valence-electron chi connectivity index (χ1n) is 10.1. The number of hydrogen-bond donors (Lipinski definition) is 1. The van der Waals surface area contributed by atoms with E-state index in [0.29, 0.717) is 56.1 Å². The lowest BCUT2D eigenvalue weighted by Gasteiger charge is -2.33. The van der Waals surface area contributed by atoms with E-state index >= 15 is 0 Å². The summed E-state index contributed by atoms with van der Waals surface area (Å²) in [4.78, 5) is 26.8. The van der Waals surface area contributed by atoms with Crippen molar-refractivity contribution in [1.82, 2.24) is 10.2 Å². The predicted octanol–water partition coefficient (Wildman–Crippen LogP) is 2.81. The normalized spacial score (nSPS) is 16.1. The van der Waals surface area contributed by atoms with Gasteiger partial charge in [0.2, 0.25) is 5.91 Å². The molecule has 0 bridgehead atoms. The Morgan fingerprint density at radius 3 is 2.60 bits per heavy atom. The topological polar surface area (TPSA) is 77.1 Å². The molecule has 30 heavy (non-hydrogen) atoms. The summed E-state index contributed by atoms with van der Waals surface area (Å²) >= 11 is 0. The van der Waals surface area contributed by atoms with Crippen molar-refractivity contribution >= 4 is 11.8 Å². The zero-order chi connectivity index (χ0) is 21.3. The molecule has 1 aliphatic rings. The summed E-state index contributed by atoms with van der Waals surface area (Å²) in [5.41, 5.74) is 1.56. The quantitative estimate of drug-likeness (QED) is 0.675. The van der Waals surface area contributed by atoms with Crippen molar-refractivity contribution in [2.75, 3.05) is 40.5 Å². The SMILES string of the molecule is COc1ccc(C(=O)NCCCC(=O)N2CCOC(c3ccccc3)C2)cc1OC. The lowest BCUT2D eigenvalue weighted by atomic mass is 10.1. The molecule has 0 spiro atoms. The Labute approximate surface area is 176 Å². The Morgan fingerprint density at radius 2 is 1.87 bits per heavy atom. The fourth-order valence-electron chi connectivity index (χ4n) is 3.42. The molecule has 0 radical (unpaired) electrons. The molecule has 1 aliphatic heterocycles. The van der Waals surface area contributed by atoms with Gasteiger partial charge in [0, 0.05) is 25.1 Å². The molecule has 1 saturated heterocycles. The highest BCUT2D eigenvalue weighted by Gasteiger charge is 2.24. The predicted molar refractivity (Wildman–Crippen MR) is 113 cm³/mol. The van der Waals surface area contributed by atoms with Crippen LogP contribution in [-0.2, 0) is 9.53 Å². The molecule has 2 amide bonds. The van der Waals surface area contributed by atoms with Gasteiger partial charge >= 0.3 is 0 Å². The number of amides is 2. The third-order valence-corrected chi connectivity index (χ3v) is 5.09. The first-order chi connectivity index (χ1) is 14.6. The number of carbonyl (C=O) groups excluding carboxylic acids is 2. The Bertz CT molecular complexity index is 856. The second-order valence-corrected chi connectivity index (χ2v) is 7.04. The first kappa shape index (κ1) is 21.6. The highest BCUT2D eigenvalue weighted by molar-refractivity contribution is 5.94. The third kappa shape index (κ3) is 5.51. The van der Waals surface area contributed by atoms with Crippen LogP contribution in [0.25, 0.3) is 0 Å². The van der Waals surface area contributed by atoms with Gasteiger partial charge in [-0.05, 0) is 30.2 Å². The van der Waals surface area contributed by atoms with Crippen LogP contribution in [-0.4, -0.2) is 57.2 Å². The highest BCUT2D eigenvalue weighted by Crippen LogP contribution is 2.27. The second kappa shape index (κ2) is 10.6. The monoisotopic (exact) mass is 412 g/mol. The number of morpholine rings is 1. The summed E-state index contributed by atoms with van der Waals surface area (Å²) in [6.45, 7) is 2.10. The van der Waals surface area contributed by atoms with Crippen LogP contribution in [0.3, 0.4) is 0 Å². The van der Waals surface area contributed by atoms with E-state index in [9.17, 15) is 9.59 Å². The summed E-state index contributed by atoms with van der Waals surface area (Å²) < 4.78 is 16.2. The summed E-state index contributed by atoms with van der Waals surface area (Å²) in [5.74, 6) is 0.943. The van der Waals surface area contributed by atoms with E-state index < -0.39 is 0 Å². The van der Waals surface area contributed by atoms with Gasteiger partial charge in [-0.15, -0.1) is 0 Å². The molecule has 1 N–H and O–H groups in total. The number of nitrogens with zero attached hydrogens (tertiary/aromatic N) is 1. The van der Waals surface area contributed by atoms with Crippen molar-refractivity contribution in [3.05, 3.63) is 59.7 Å². The van der Waals surface area contributed by atoms with Crippen molar-refractivity contribution < 1.29 is 23.8 Å². The largest absolute Gasteiger partial charge is 0.493 e. The number of methoxy groups -OCH3 is 2. The van der Waals surface area contributed by atoms with Crippen molar-refractivity contribution in [3.8, 4) is 11.5 Å². The molecule has 0 saturated carbocycles. The van der Waals surface area contributed by atoms with Crippen molar-refractivity contribution in [2.45, 2.75) is 18.9 Å². The van der Waals surface area contributed by atoms with Crippen LogP contribution < -0.4 is 14.8 Å². The van der Waals surface area contributed by atoms with Gasteiger partial charge in [0.25, 0.3) is 5.91 Å². The fraction of sp³-hybridized carbons (Fsp3) is 0.391. The minimum Gasteiger partial charge on any atom is -0.493 e. The summed E-state index contributed by atoms with van der Waals surface area (Å²) in [7, 11) is 3.07. The Hall–Kier alpha value is -3.06. The number of ether oxygens (including phenoxy) is 3. The van der Waals surface area contributed by atoms with E-state index in [-0.39, 0.29) is 17.9 Å². The molecule has 0 aliphatic carbocycles. The van der Waals surface area contributed by atoms with E-state index in [0.717, 1.165) is 5.56 Å². The van der Waals surface area contributed by atoms with Crippen LogP contribution in [0.15, 0.2) is 48.5 Å². The van der Waals surface area contributed by atoms with Crippen LogP contribution in [0.1, 0.15) is 34.9 Å². The highest BCUT2D eigenvalue weighted by atomic mass is 16.5. The molecular formula is C23H28N2O5. The van der Waals surface area contributed by atoms with Gasteiger partial charge in [0.1, 0.15) is 6.10 Å². The standard InChI is InChI=1S/C23H28N2O5/c1-28-19-11-10-18(15-20(19)29-2)23(27)24-12-6-9-22(26)25-13-14-30-21(16-25)17-7-4-3-5-8-17/h3-5,7-8,10-11,15,21H,6,9,12-14,16H2,1-2H3,(H,24,27). The molecule has 160 valence electrons. The molecule has 7 heteroatoms. The smallest absolute Gasteiger partial charge is 0.251 e. The Balaban J connectivity index is 1.44. The van der Waals surface area contributed by atoms with E-state index in [1.807, 2.05) is 35.2 Å². The van der Waals surface area contributed by atoms with Gasteiger partial charge in [-0.25, -0.2) is 0 Å². The number of nitrogens with one attached hydrogen (secondary N) is 1. The second-order valence-electron chi connectivity index (χ2n) is 7.04. The van der Waals surface area contributed by atoms with Crippen LogP contribution >= 0.6 is 0 Å². The zero-order valence-corrected chi connectivity index (χ0v) is 17.4. The Morgan fingerprint density at radius 1 is 1.10 bits per heavy atom. The summed E-state index contributed by atoms with van der Waals surface area (Å²) in [6.07, 6.45) is 0.868. The van der Waals surface area contributed by atoms with Crippen molar-refractivity contribution in [1.29, 1.82) is 0 Å². The lowest BCUT2D eigenvalue weighted by Crippen LogP contribution is -2.42. The third-order valence-electron chi connectivity index (χ3n) is 5.09. The fourth-order valence-corrected chi connectivity index (χ4v) is 3.42. The van der Waals surface area contributed by atoms with Crippen LogP contribution in [0, 0.1) is 0 Å². The average molecular weight is 412 g/mol. The lowest BCUT2D eigenvalue weighted by molar-refractivity contribution is -0.139. The maximum atomic E-state index is 12.6. The summed E-state index contributed by atoms with van der Waals surface area (Å²) in [6, 6.07) is 15.0. The molecular weight excluding hydrogens is 384 g/mol. The molecule has 1 heterocycles. The molecule has 7 nitrogen and oxygen atoms in total. The van der Waals surface area contributed by atoms with Gasteiger partial charge in [-0.2, -0.15) is 0 Å². The molecule has 3 rings (SSSR count). The van der Waals surface area contributed by atoms with Crippen molar-refractivity contribution in [3.63, 3.8) is 0 Å². The minimum atomic E-state index is -0.209. The average Bonchev–Trinajstić information content (AvgIpc) is 2.81. The van der Waals surface area contributed by atoms with E-state index in [2.05, 4.69) is 5.32 Å². The minimum absolute atomic E-state index is 0.0830. The van der Waals surface area contributed by atoms with Gasteiger partial charge in [-0.1, -0.05) is 30.3 Å². The number of benzene rings is 2. The van der Waals surface area contributed by atoms with E-state index in [1.54, 1.807) is 25.3 Å². The molecule has 2 aromatic rings. The molecule has 1 fully saturated rings. The van der Waals surface area contributed by atoms with Crippen LogP contribution in [0.4, 0.5) is 0 Å². The van der Waals surface area contributed by atoms with E-state index in [4.69, 9.17) is 14.2 Å². The molecule has 1 atom stereocenters. The molecule has 1 unspecified atom stereocenters. The van der Waals surface area contributed by atoms with Gasteiger partial charge in [0.15, 0.2) is 11.5 Å². The van der Waals surface area contributed by atoms with Gasteiger partial charge in [0.05, 0.1) is 27.4 Å². The Kier molecular flexibility index (Phi) is 7.68. The van der Waals surface area contributed by atoms with E-state index in [1.165, 1.54) is 7.11 Å². The van der Waals surface area contributed by atoms with Crippen LogP contribution in [0.5, 0.6) is 11.5 Å². The number of rotatable bonds is 8. The number of hydrogen-bond acceptors (Lipinski definition) is 5. The van der Waals surface area contributed by atoms with Gasteiger partial charge < -0.3 is 24.4 Å². The first-order valence-corrected chi connectivity index (χ1v) is 10.1. The number of carbonyl (C=O) groups is 2. The zero-order valence-electron chi connectivity index (χ0n) is 17.4. The molecule has 0 aromatic heterocycles.